The summed E-state index contributed by atoms with van der Waals surface area (Å²) in [6, 6.07) is 18.4. The Morgan fingerprint density at radius 1 is 1.00 bits per heavy atom. The number of non-ortho nitro benzene ring substituents is 1. The highest BCUT2D eigenvalue weighted by Gasteiger charge is 2.17. The number of anilines is 1. The Balaban J connectivity index is 1.60. The summed E-state index contributed by atoms with van der Waals surface area (Å²) in [5, 5.41) is 12.9. The number of nitro groups is 1. The lowest BCUT2D eigenvalue weighted by atomic mass is 10.2. The number of benzene rings is 3. The van der Waals surface area contributed by atoms with Crippen molar-refractivity contribution in [2.75, 3.05) is 11.9 Å². The fourth-order valence-corrected chi connectivity index (χ4v) is 2.61. The number of carbonyl (C=O) groups excluding carboxylic acids is 2. The lowest BCUT2D eigenvalue weighted by molar-refractivity contribution is -0.384. The van der Waals surface area contributed by atoms with Crippen molar-refractivity contribution in [3.05, 3.63) is 99.9 Å². The molecule has 0 aliphatic heterocycles. The summed E-state index contributed by atoms with van der Waals surface area (Å²) in [4.78, 5) is 34.5. The molecule has 8 nitrogen and oxygen atoms in total. The molecule has 0 atom stereocenters. The summed E-state index contributed by atoms with van der Waals surface area (Å²) in [6.45, 7) is -0.480. The second kappa shape index (κ2) is 9.97. The Labute approximate surface area is 176 Å². The first-order valence-electron chi connectivity index (χ1n) is 9.10. The zero-order valence-corrected chi connectivity index (χ0v) is 16.1. The van der Waals surface area contributed by atoms with Crippen molar-refractivity contribution < 1.29 is 28.4 Å². The molecule has 0 fully saturated rings. The number of rotatable bonds is 8. The molecule has 3 aromatic carbocycles. The van der Waals surface area contributed by atoms with Crippen LogP contribution in [0.2, 0.25) is 0 Å². The zero-order chi connectivity index (χ0) is 22.2. The van der Waals surface area contributed by atoms with E-state index in [1.54, 1.807) is 18.2 Å². The smallest absolute Gasteiger partial charge is 0.342 e. The third-order valence-corrected chi connectivity index (χ3v) is 4.11. The molecule has 1 amide bonds. The molecule has 0 aliphatic rings. The molecule has 1 N–H and O–H groups in total. The van der Waals surface area contributed by atoms with Crippen molar-refractivity contribution in [2.24, 2.45) is 0 Å². The van der Waals surface area contributed by atoms with Crippen molar-refractivity contribution in [1.29, 1.82) is 0 Å². The summed E-state index contributed by atoms with van der Waals surface area (Å²) < 4.78 is 24.4. The first-order valence-corrected chi connectivity index (χ1v) is 9.10. The number of esters is 1. The van der Waals surface area contributed by atoms with E-state index in [-0.39, 0.29) is 23.6 Å². The van der Waals surface area contributed by atoms with Gasteiger partial charge in [0.2, 0.25) is 0 Å². The van der Waals surface area contributed by atoms with Crippen LogP contribution in [0, 0.1) is 15.9 Å². The highest BCUT2D eigenvalue weighted by atomic mass is 19.1. The van der Waals surface area contributed by atoms with Gasteiger partial charge in [0.05, 0.1) is 10.6 Å². The number of para-hydroxylation sites is 1. The summed E-state index contributed by atoms with van der Waals surface area (Å²) in [7, 11) is 0. The summed E-state index contributed by atoms with van der Waals surface area (Å²) in [6.07, 6.45) is 0. The normalized spacial score (nSPS) is 10.2. The topological polar surface area (TPSA) is 108 Å². The van der Waals surface area contributed by atoms with Crippen molar-refractivity contribution in [3.63, 3.8) is 0 Å². The van der Waals surface area contributed by atoms with Crippen LogP contribution in [-0.2, 0) is 16.1 Å². The second-order valence-electron chi connectivity index (χ2n) is 6.32. The summed E-state index contributed by atoms with van der Waals surface area (Å²) >= 11 is 0. The van der Waals surface area contributed by atoms with Gasteiger partial charge in [0.25, 0.3) is 11.6 Å². The number of hydrogen-bond donors (Lipinski definition) is 1. The number of hydrogen-bond acceptors (Lipinski definition) is 6. The van der Waals surface area contributed by atoms with Crippen LogP contribution < -0.4 is 10.1 Å². The summed E-state index contributed by atoms with van der Waals surface area (Å²) in [5.41, 5.74) is 0.247. The lowest BCUT2D eigenvalue weighted by Crippen LogP contribution is -2.21. The van der Waals surface area contributed by atoms with E-state index in [1.165, 1.54) is 6.07 Å². The van der Waals surface area contributed by atoms with Crippen molar-refractivity contribution in [3.8, 4) is 5.75 Å². The van der Waals surface area contributed by atoms with Crippen LogP contribution >= 0.6 is 0 Å². The molecule has 0 radical (unpaired) electrons. The van der Waals surface area contributed by atoms with E-state index in [1.807, 2.05) is 30.3 Å². The molecular weight excluding hydrogens is 407 g/mol. The Morgan fingerprint density at radius 3 is 2.45 bits per heavy atom. The standard InChI is InChI=1S/C22H17FN2O6/c23-18-11-10-16(25(28)29)12-19(18)24-21(26)14-31-22(27)17-8-4-5-9-20(17)30-13-15-6-2-1-3-7-15/h1-12H,13-14H2,(H,24,26). The van der Waals surface area contributed by atoms with E-state index in [0.717, 1.165) is 23.8 Å². The van der Waals surface area contributed by atoms with Gasteiger partial charge in [-0.15, -0.1) is 0 Å². The van der Waals surface area contributed by atoms with Crippen molar-refractivity contribution >= 4 is 23.3 Å². The van der Waals surface area contributed by atoms with Crippen molar-refractivity contribution in [2.45, 2.75) is 6.61 Å². The monoisotopic (exact) mass is 424 g/mol. The molecule has 0 aliphatic carbocycles. The number of halogens is 1. The van der Waals surface area contributed by atoms with Crippen LogP contribution in [0.1, 0.15) is 15.9 Å². The Morgan fingerprint density at radius 2 is 1.71 bits per heavy atom. The average Bonchev–Trinajstić information content (AvgIpc) is 2.78. The Kier molecular flexibility index (Phi) is 6.89. The maximum atomic E-state index is 13.8. The molecule has 0 unspecified atom stereocenters. The quantitative estimate of drug-likeness (QED) is 0.331. The molecule has 0 heterocycles. The van der Waals surface area contributed by atoms with Crippen LogP contribution in [0.3, 0.4) is 0 Å². The third-order valence-electron chi connectivity index (χ3n) is 4.11. The predicted octanol–water partition coefficient (Wildman–Crippen LogP) is 4.11. The minimum absolute atomic E-state index is 0.118. The number of nitrogens with one attached hydrogen (secondary N) is 1. The van der Waals surface area contributed by atoms with Gasteiger partial charge >= 0.3 is 5.97 Å². The van der Waals surface area contributed by atoms with E-state index in [4.69, 9.17) is 9.47 Å². The fourth-order valence-electron chi connectivity index (χ4n) is 2.61. The fraction of sp³-hybridized carbons (Fsp3) is 0.0909. The SMILES string of the molecule is O=C(COC(=O)c1ccccc1OCc1ccccc1)Nc1cc([N+](=O)[O-])ccc1F. The first kappa shape index (κ1) is 21.4. The average molecular weight is 424 g/mol. The third kappa shape index (κ3) is 5.86. The van der Waals surface area contributed by atoms with Gasteiger partial charge in [-0.1, -0.05) is 42.5 Å². The van der Waals surface area contributed by atoms with Crippen LogP contribution in [0.15, 0.2) is 72.8 Å². The van der Waals surface area contributed by atoms with Crippen LogP contribution in [0.5, 0.6) is 5.75 Å². The van der Waals surface area contributed by atoms with Gasteiger partial charge in [-0.25, -0.2) is 9.18 Å². The molecule has 0 saturated heterocycles. The van der Waals surface area contributed by atoms with Gasteiger partial charge in [-0.05, 0) is 23.8 Å². The summed E-state index contributed by atoms with van der Waals surface area (Å²) in [5.74, 6) is -2.24. The van der Waals surface area contributed by atoms with E-state index >= 15 is 0 Å². The number of nitro benzene ring substituents is 1. The van der Waals surface area contributed by atoms with Gasteiger partial charge in [0.1, 0.15) is 23.7 Å². The predicted molar refractivity (Wildman–Crippen MR) is 109 cm³/mol. The molecule has 3 rings (SSSR count). The van der Waals surface area contributed by atoms with Gasteiger partial charge in [0, 0.05) is 12.1 Å². The molecule has 0 spiro atoms. The molecule has 9 heteroatoms. The highest BCUT2D eigenvalue weighted by molar-refractivity contribution is 5.97. The van der Waals surface area contributed by atoms with Crippen LogP contribution in [0.25, 0.3) is 0 Å². The van der Waals surface area contributed by atoms with E-state index in [9.17, 15) is 24.1 Å². The molecule has 0 aromatic heterocycles. The maximum absolute atomic E-state index is 13.8. The Hall–Kier alpha value is -4.27. The van der Waals surface area contributed by atoms with Gasteiger partial charge in [-0.2, -0.15) is 0 Å². The first-order chi connectivity index (χ1) is 14.9. The number of ether oxygens (including phenoxy) is 2. The molecule has 31 heavy (non-hydrogen) atoms. The van der Waals surface area contributed by atoms with E-state index in [0.29, 0.717) is 0 Å². The Bertz CT molecular complexity index is 1100. The minimum Gasteiger partial charge on any atom is -0.488 e. The van der Waals surface area contributed by atoms with Crippen LogP contribution in [0.4, 0.5) is 15.8 Å². The number of amides is 1. The van der Waals surface area contributed by atoms with Gasteiger partial charge < -0.3 is 14.8 Å². The van der Waals surface area contributed by atoms with Crippen LogP contribution in [-0.4, -0.2) is 23.4 Å². The van der Waals surface area contributed by atoms with E-state index in [2.05, 4.69) is 5.32 Å². The largest absolute Gasteiger partial charge is 0.488 e. The van der Waals surface area contributed by atoms with Crippen molar-refractivity contribution in [1.82, 2.24) is 0 Å². The van der Waals surface area contributed by atoms with Gasteiger partial charge in [0.15, 0.2) is 6.61 Å². The molecular formula is C22H17FN2O6. The highest BCUT2D eigenvalue weighted by Crippen LogP contribution is 2.22. The van der Waals surface area contributed by atoms with E-state index < -0.39 is 34.9 Å². The number of carbonyl (C=O) groups is 2. The maximum Gasteiger partial charge on any atom is 0.342 e. The molecule has 3 aromatic rings. The molecule has 158 valence electrons. The minimum atomic E-state index is -0.857. The number of nitrogens with zero attached hydrogens (tertiary/aromatic N) is 1. The second-order valence-corrected chi connectivity index (χ2v) is 6.32. The zero-order valence-electron chi connectivity index (χ0n) is 16.1. The van der Waals surface area contributed by atoms with Gasteiger partial charge in [-0.3, -0.25) is 14.9 Å². The lowest BCUT2D eigenvalue weighted by Gasteiger charge is -2.11. The molecule has 0 saturated carbocycles. The molecule has 0 bridgehead atoms.